The zero-order valence-corrected chi connectivity index (χ0v) is 16.9. The Morgan fingerprint density at radius 3 is 2.66 bits per heavy atom. The fourth-order valence-electron chi connectivity index (χ4n) is 3.14. The van der Waals surface area contributed by atoms with Gasteiger partial charge in [0.15, 0.2) is 18.1 Å². The van der Waals surface area contributed by atoms with Gasteiger partial charge in [0.1, 0.15) is 0 Å². The van der Waals surface area contributed by atoms with Gasteiger partial charge >= 0.3 is 0 Å². The van der Waals surface area contributed by atoms with Crippen molar-refractivity contribution in [3.8, 4) is 22.2 Å². The molecule has 1 amide bonds. The molecular weight excluding hydrogens is 392 g/mol. The number of aromatic nitrogens is 2. The van der Waals surface area contributed by atoms with Crippen molar-refractivity contribution in [3.05, 3.63) is 47.7 Å². The molecule has 0 aliphatic carbocycles. The number of carbonyl (C=O) groups excluding carboxylic acids is 1. The Hall–Kier alpha value is -2.91. The number of thiophene rings is 1. The van der Waals surface area contributed by atoms with E-state index in [1.807, 2.05) is 34.5 Å². The van der Waals surface area contributed by atoms with Gasteiger partial charge in [-0.2, -0.15) is 4.98 Å². The van der Waals surface area contributed by atoms with Gasteiger partial charge in [-0.25, -0.2) is 0 Å². The molecular formula is C20H22N4O4S. The highest BCUT2D eigenvalue weighted by atomic mass is 32.1. The Labute approximate surface area is 172 Å². The molecule has 1 aromatic carbocycles. The highest BCUT2D eigenvalue weighted by Gasteiger charge is 2.23. The van der Waals surface area contributed by atoms with Gasteiger partial charge in [-0.15, -0.1) is 11.3 Å². The topological polar surface area (TPSA) is 80.9 Å². The summed E-state index contributed by atoms with van der Waals surface area (Å²) in [5.74, 6) is 2.37. The summed E-state index contributed by atoms with van der Waals surface area (Å²) < 4.78 is 16.3. The van der Waals surface area contributed by atoms with Crippen LogP contribution in [0.15, 0.2) is 46.3 Å². The minimum Gasteiger partial charge on any atom is -0.493 e. The van der Waals surface area contributed by atoms with Gasteiger partial charge in [-0.1, -0.05) is 23.4 Å². The number of para-hydroxylation sites is 2. The van der Waals surface area contributed by atoms with Crippen molar-refractivity contribution in [1.82, 2.24) is 19.9 Å². The molecule has 1 aliphatic rings. The van der Waals surface area contributed by atoms with Gasteiger partial charge < -0.3 is 18.9 Å². The number of nitrogens with zero attached hydrogens (tertiary/aromatic N) is 4. The van der Waals surface area contributed by atoms with Gasteiger partial charge in [-0.05, 0) is 23.6 Å². The number of hydrogen-bond donors (Lipinski definition) is 0. The maximum Gasteiger partial charge on any atom is 0.260 e. The molecule has 152 valence electrons. The summed E-state index contributed by atoms with van der Waals surface area (Å²) in [6.07, 6.45) is 0. The SMILES string of the molecule is COc1ccccc1OCC(=O)N1CCN(Cc2nc(-c3cccs3)no2)CC1. The molecule has 1 fully saturated rings. The van der Waals surface area contributed by atoms with Gasteiger partial charge in [0.2, 0.25) is 11.7 Å². The molecule has 8 nitrogen and oxygen atoms in total. The first-order valence-corrected chi connectivity index (χ1v) is 10.2. The lowest BCUT2D eigenvalue weighted by molar-refractivity contribution is -0.135. The van der Waals surface area contributed by atoms with Crippen LogP contribution in [0.2, 0.25) is 0 Å². The van der Waals surface area contributed by atoms with E-state index in [-0.39, 0.29) is 12.5 Å². The minimum absolute atomic E-state index is 0.00575. The number of carbonyl (C=O) groups is 1. The smallest absolute Gasteiger partial charge is 0.260 e. The van der Waals surface area contributed by atoms with Crippen molar-refractivity contribution in [1.29, 1.82) is 0 Å². The zero-order chi connectivity index (χ0) is 20.1. The van der Waals surface area contributed by atoms with Crippen molar-refractivity contribution in [2.24, 2.45) is 0 Å². The summed E-state index contributed by atoms with van der Waals surface area (Å²) in [5.41, 5.74) is 0. The van der Waals surface area contributed by atoms with Crippen molar-refractivity contribution in [2.45, 2.75) is 6.54 Å². The lowest BCUT2D eigenvalue weighted by Gasteiger charge is -2.33. The van der Waals surface area contributed by atoms with Gasteiger partial charge in [-0.3, -0.25) is 9.69 Å². The molecule has 1 aliphatic heterocycles. The monoisotopic (exact) mass is 414 g/mol. The summed E-state index contributed by atoms with van der Waals surface area (Å²) in [7, 11) is 1.58. The van der Waals surface area contributed by atoms with Crippen LogP contribution in [0, 0.1) is 0 Å². The third kappa shape index (κ3) is 4.75. The molecule has 3 aromatic rings. The number of piperazine rings is 1. The van der Waals surface area contributed by atoms with Crippen LogP contribution in [0.4, 0.5) is 0 Å². The molecule has 29 heavy (non-hydrogen) atoms. The van der Waals surface area contributed by atoms with Crippen LogP contribution >= 0.6 is 11.3 Å². The molecule has 9 heteroatoms. The molecule has 1 saturated heterocycles. The van der Waals surface area contributed by atoms with Gasteiger partial charge in [0.05, 0.1) is 18.5 Å². The second-order valence-corrected chi connectivity index (χ2v) is 7.53. The average Bonchev–Trinajstić information content (AvgIpc) is 3.45. The fourth-order valence-corrected chi connectivity index (χ4v) is 3.79. The van der Waals surface area contributed by atoms with Crippen LogP contribution in [-0.4, -0.2) is 65.7 Å². The first-order valence-electron chi connectivity index (χ1n) is 9.35. The van der Waals surface area contributed by atoms with E-state index in [2.05, 4.69) is 15.0 Å². The van der Waals surface area contributed by atoms with Crippen molar-refractivity contribution >= 4 is 17.2 Å². The normalized spacial score (nSPS) is 14.7. The number of benzene rings is 1. The Bertz CT molecular complexity index is 936. The number of methoxy groups -OCH3 is 1. The summed E-state index contributed by atoms with van der Waals surface area (Å²) in [6.45, 7) is 3.35. The standard InChI is InChI=1S/C20H22N4O4S/c1-26-15-5-2-3-6-16(15)27-14-19(25)24-10-8-23(9-11-24)13-18-21-20(22-28-18)17-7-4-12-29-17/h2-7,12H,8-11,13-14H2,1H3. The minimum atomic E-state index is -0.0340. The largest absolute Gasteiger partial charge is 0.493 e. The van der Waals surface area contributed by atoms with Gasteiger partial charge in [0.25, 0.3) is 5.91 Å². The van der Waals surface area contributed by atoms with E-state index in [1.165, 1.54) is 0 Å². The Morgan fingerprint density at radius 1 is 1.14 bits per heavy atom. The fraction of sp³-hybridized carbons (Fsp3) is 0.350. The van der Waals surface area contributed by atoms with E-state index in [0.29, 0.717) is 42.8 Å². The Morgan fingerprint density at radius 2 is 1.93 bits per heavy atom. The van der Waals surface area contributed by atoms with Crippen LogP contribution in [0.1, 0.15) is 5.89 Å². The first-order chi connectivity index (χ1) is 14.2. The predicted octanol–water partition coefficient (Wildman–Crippen LogP) is 2.53. The van der Waals surface area contributed by atoms with Crippen LogP contribution in [0.5, 0.6) is 11.5 Å². The van der Waals surface area contributed by atoms with Crippen molar-refractivity contribution in [3.63, 3.8) is 0 Å². The van der Waals surface area contributed by atoms with Crippen LogP contribution < -0.4 is 9.47 Å². The summed E-state index contributed by atoms with van der Waals surface area (Å²) in [4.78, 5) is 21.9. The highest BCUT2D eigenvalue weighted by Crippen LogP contribution is 2.26. The summed E-state index contributed by atoms with van der Waals surface area (Å²) in [5, 5.41) is 6.03. The lowest BCUT2D eigenvalue weighted by atomic mass is 10.3. The molecule has 0 atom stereocenters. The highest BCUT2D eigenvalue weighted by molar-refractivity contribution is 7.13. The number of hydrogen-bond acceptors (Lipinski definition) is 8. The van der Waals surface area contributed by atoms with E-state index >= 15 is 0 Å². The van der Waals surface area contributed by atoms with E-state index < -0.39 is 0 Å². The molecule has 3 heterocycles. The van der Waals surface area contributed by atoms with Crippen molar-refractivity contribution < 1.29 is 18.8 Å². The molecule has 0 N–H and O–H groups in total. The third-order valence-corrected chi connectivity index (χ3v) is 5.58. The molecule has 0 spiro atoms. The van der Waals surface area contributed by atoms with Gasteiger partial charge in [0, 0.05) is 26.2 Å². The summed E-state index contributed by atoms with van der Waals surface area (Å²) >= 11 is 1.58. The molecule has 0 unspecified atom stereocenters. The molecule has 0 bridgehead atoms. The van der Waals surface area contributed by atoms with E-state index in [1.54, 1.807) is 30.6 Å². The zero-order valence-electron chi connectivity index (χ0n) is 16.1. The quantitative estimate of drug-likeness (QED) is 0.588. The van der Waals surface area contributed by atoms with E-state index in [9.17, 15) is 4.79 Å². The predicted molar refractivity (Wildman–Crippen MR) is 108 cm³/mol. The van der Waals surface area contributed by atoms with Crippen LogP contribution in [0.25, 0.3) is 10.7 Å². The number of ether oxygens (including phenoxy) is 2. The second kappa shape index (κ2) is 9.06. The average molecular weight is 414 g/mol. The van der Waals surface area contributed by atoms with Crippen LogP contribution in [0.3, 0.4) is 0 Å². The van der Waals surface area contributed by atoms with E-state index in [0.717, 1.165) is 18.0 Å². The molecule has 0 radical (unpaired) electrons. The van der Waals surface area contributed by atoms with Crippen LogP contribution in [-0.2, 0) is 11.3 Å². The Balaban J connectivity index is 1.24. The second-order valence-electron chi connectivity index (χ2n) is 6.59. The lowest BCUT2D eigenvalue weighted by Crippen LogP contribution is -2.49. The molecule has 2 aromatic heterocycles. The summed E-state index contributed by atoms with van der Waals surface area (Å²) in [6, 6.07) is 11.2. The maximum atomic E-state index is 12.5. The Kier molecular flexibility index (Phi) is 6.06. The first kappa shape index (κ1) is 19.4. The molecule has 0 saturated carbocycles. The van der Waals surface area contributed by atoms with E-state index in [4.69, 9.17) is 14.0 Å². The molecule has 4 rings (SSSR count). The third-order valence-electron chi connectivity index (χ3n) is 4.71. The number of amides is 1. The van der Waals surface area contributed by atoms with Crippen molar-refractivity contribution in [2.75, 3.05) is 39.9 Å². The number of rotatable bonds is 7. The maximum absolute atomic E-state index is 12.5.